The lowest BCUT2D eigenvalue weighted by molar-refractivity contribution is 0.578. The summed E-state index contributed by atoms with van der Waals surface area (Å²) in [6.07, 6.45) is 5.47. The van der Waals surface area contributed by atoms with Crippen molar-refractivity contribution in [1.29, 1.82) is 0 Å². The molecule has 0 spiro atoms. The molecule has 6 heteroatoms. The lowest BCUT2D eigenvalue weighted by Crippen LogP contribution is -2.24. The molecule has 1 saturated heterocycles. The Balaban J connectivity index is 1.94. The molecule has 3 N–H and O–H groups in total. The van der Waals surface area contributed by atoms with E-state index in [1.807, 2.05) is 24.4 Å². The van der Waals surface area contributed by atoms with Crippen LogP contribution in [0.25, 0.3) is 10.9 Å². The molecule has 2 heterocycles. The number of hydrogen-bond donors (Lipinski definition) is 3. The van der Waals surface area contributed by atoms with Crippen LogP contribution in [0.3, 0.4) is 0 Å². The van der Waals surface area contributed by atoms with Gasteiger partial charge in [0.2, 0.25) is 10.0 Å². The minimum atomic E-state index is -3.31. The van der Waals surface area contributed by atoms with Crippen LogP contribution < -0.4 is 10.0 Å². The zero-order chi connectivity index (χ0) is 15.7. The van der Waals surface area contributed by atoms with E-state index in [1.165, 1.54) is 25.5 Å². The number of sulfonamides is 1. The zero-order valence-electron chi connectivity index (χ0n) is 13.0. The van der Waals surface area contributed by atoms with Gasteiger partial charge in [0.1, 0.15) is 0 Å². The highest BCUT2D eigenvalue weighted by Gasteiger charge is 2.22. The van der Waals surface area contributed by atoms with Crippen molar-refractivity contribution < 1.29 is 8.42 Å². The van der Waals surface area contributed by atoms with Gasteiger partial charge < -0.3 is 10.3 Å². The highest BCUT2D eigenvalue weighted by molar-refractivity contribution is 7.89. The number of aromatic amines is 1. The third-order valence-corrected chi connectivity index (χ3v) is 6.41. The minimum Gasteiger partial charge on any atom is -0.361 e. The third kappa shape index (κ3) is 2.91. The maximum Gasteiger partial charge on any atom is 0.218 e. The Morgan fingerprint density at radius 2 is 2.23 bits per heavy atom. The van der Waals surface area contributed by atoms with Crippen LogP contribution in [0.15, 0.2) is 24.4 Å². The van der Waals surface area contributed by atoms with Crippen LogP contribution in [0, 0.1) is 0 Å². The van der Waals surface area contributed by atoms with Crippen molar-refractivity contribution in [3.05, 3.63) is 35.5 Å². The van der Waals surface area contributed by atoms with E-state index in [0.29, 0.717) is 6.04 Å². The lowest BCUT2D eigenvalue weighted by Gasteiger charge is -2.13. The Kier molecular flexibility index (Phi) is 4.25. The van der Waals surface area contributed by atoms with Crippen LogP contribution >= 0.6 is 0 Å². The topological polar surface area (TPSA) is 74.0 Å². The summed E-state index contributed by atoms with van der Waals surface area (Å²) < 4.78 is 26.4. The minimum absolute atomic E-state index is 0.529. The average Bonchev–Trinajstić information content (AvgIpc) is 3.17. The van der Waals surface area contributed by atoms with Crippen molar-refractivity contribution in [2.24, 2.45) is 0 Å². The molecule has 2 aromatic rings. The molecule has 1 aliphatic rings. The largest absolute Gasteiger partial charge is 0.361 e. The van der Waals surface area contributed by atoms with Gasteiger partial charge in [-0.25, -0.2) is 13.1 Å². The van der Waals surface area contributed by atoms with E-state index in [9.17, 15) is 8.42 Å². The summed E-state index contributed by atoms with van der Waals surface area (Å²) in [5.74, 6) is 0. The smallest absolute Gasteiger partial charge is 0.218 e. The first-order valence-corrected chi connectivity index (χ1v) is 9.31. The summed E-state index contributed by atoms with van der Waals surface area (Å²) in [5.41, 5.74) is 3.14. The summed E-state index contributed by atoms with van der Waals surface area (Å²) in [7, 11) is -1.85. The molecule has 0 amide bonds. The van der Waals surface area contributed by atoms with E-state index in [2.05, 4.69) is 15.0 Å². The van der Waals surface area contributed by atoms with Gasteiger partial charge in [-0.1, -0.05) is 6.07 Å². The highest BCUT2D eigenvalue weighted by Crippen LogP contribution is 2.28. The standard InChI is InChI=1S/C16H23N3O2S/c1-11(22(20,21)17-2)12-5-6-16-15(9-12)13(10-19-16)8-14-4-3-7-18-14/h5-6,9-11,14,17-19H,3-4,7-8H2,1-2H3. The van der Waals surface area contributed by atoms with Gasteiger partial charge in [-0.15, -0.1) is 0 Å². The number of benzene rings is 1. The molecule has 120 valence electrons. The quantitative estimate of drug-likeness (QED) is 0.789. The second-order valence-corrected chi connectivity index (χ2v) is 8.21. The van der Waals surface area contributed by atoms with Crippen LogP contribution in [0.4, 0.5) is 0 Å². The lowest BCUT2D eigenvalue weighted by atomic mass is 10.0. The molecule has 0 radical (unpaired) electrons. The van der Waals surface area contributed by atoms with E-state index < -0.39 is 15.3 Å². The number of hydrogen-bond acceptors (Lipinski definition) is 3. The molecule has 1 aromatic carbocycles. The molecule has 2 atom stereocenters. The van der Waals surface area contributed by atoms with Gasteiger partial charge in [-0.05, 0) is 63.0 Å². The van der Waals surface area contributed by atoms with Crippen LogP contribution in [-0.2, 0) is 16.4 Å². The maximum absolute atomic E-state index is 12.0. The van der Waals surface area contributed by atoms with Crippen molar-refractivity contribution in [3.8, 4) is 0 Å². The van der Waals surface area contributed by atoms with Gasteiger partial charge in [0.25, 0.3) is 0 Å². The molecule has 1 aromatic heterocycles. The molecular formula is C16H23N3O2S. The van der Waals surface area contributed by atoms with E-state index in [4.69, 9.17) is 0 Å². The number of rotatable bonds is 5. The van der Waals surface area contributed by atoms with Crippen molar-refractivity contribution >= 4 is 20.9 Å². The second kappa shape index (κ2) is 6.02. The first-order valence-electron chi connectivity index (χ1n) is 7.77. The summed E-state index contributed by atoms with van der Waals surface area (Å²) in [5, 5.41) is 4.08. The summed E-state index contributed by atoms with van der Waals surface area (Å²) in [6, 6.07) is 6.39. The summed E-state index contributed by atoms with van der Waals surface area (Å²) in [6.45, 7) is 2.81. The predicted octanol–water partition coefficient (Wildman–Crippen LogP) is 2.07. The third-order valence-electron chi connectivity index (χ3n) is 4.64. The molecule has 1 aliphatic heterocycles. The first-order chi connectivity index (χ1) is 10.5. The fourth-order valence-electron chi connectivity index (χ4n) is 3.17. The van der Waals surface area contributed by atoms with Gasteiger partial charge in [0.05, 0.1) is 5.25 Å². The number of aromatic nitrogens is 1. The predicted molar refractivity (Wildman–Crippen MR) is 89.4 cm³/mol. The number of fused-ring (bicyclic) bond motifs is 1. The molecule has 2 unspecified atom stereocenters. The fraction of sp³-hybridized carbons (Fsp3) is 0.500. The van der Waals surface area contributed by atoms with E-state index in [-0.39, 0.29) is 0 Å². The second-order valence-electron chi connectivity index (χ2n) is 6.01. The molecular weight excluding hydrogens is 298 g/mol. The number of nitrogens with one attached hydrogen (secondary N) is 3. The van der Waals surface area contributed by atoms with Crippen LogP contribution in [-0.4, -0.2) is 33.0 Å². The zero-order valence-corrected chi connectivity index (χ0v) is 13.8. The molecule has 0 aliphatic carbocycles. The average molecular weight is 321 g/mol. The van der Waals surface area contributed by atoms with Crippen molar-refractivity contribution in [2.75, 3.05) is 13.6 Å². The first kappa shape index (κ1) is 15.5. The Morgan fingerprint density at radius 1 is 1.41 bits per heavy atom. The Labute approximate surface area is 131 Å². The van der Waals surface area contributed by atoms with Crippen molar-refractivity contribution in [2.45, 2.75) is 37.5 Å². The van der Waals surface area contributed by atoms with Crippen molar-refractivity contribution in [1.82, 2.24) is 15.0 Å². The Hall–Kier alpha value is -1.37. The van der Waals surface area contributed by atoms with Gasteiger partial charge in [0, 0.05) is 23.1 Å². The van der Waals surface area contributed by atoms with Gasteiger partial charge >= 0.3 is 0 Å². The fourth-order valence-corrected chi connectivity index (χ4v) is 4.03. The maximum atomic E-state index is 12.0. The molecule has 3 rings (SSSR count). The Morgan fingerprint density at radius 3 is 2.91 bits per heavy atom. The molecule has 0 saturated carbocycles. The van der Waals surface area contributed by atoms with Crippen LogP contribution in [0.2, 0.25) is 0 Å². The molecule has 0 bridgehead atoms. The summed E-state index contributed by atoms with van der Waals surface area (Å²) in [4.78, 5) is 3.29. The van der Waals surface area contributed by atoms with Crippen LogP contribution in [0.1, 0.15) is 36.1 Å². The van der Waals surface area contributed by atoms with E-state index >= 15 is 0 Å². The van der Waals surface area contributed by atoms with Gasteiger partial charge in [-0.2, -0.15) is 0 Å². The van der Waals surface area contributed by atoms with E-state index in [0.717, 1.165) is 29.4 Å². The van der Waals surface area contributed by atoms with Crippen molar-refractivity contribution in [3.63, 3.8) is 0 Å². The highest BCUT2D eigenvalue weighted by atomic mass is 32.2. The van der Waals surface area contributed by atoms with Crippen LogP contribution in [0.5, 0.6) is 0 Å². The van der Waals surface area contributed by atoms with E-state index in [1.54, 1.807) is 6.92 Å². The SMILES string of the molecule is CNS(=O)(=O)C(C)c1ccc2[nH]cc(CC3CCCN3)c2c1. The normalized spacial score (nSPS) is 20.5. The molecule has 5 nitrogen and oxygen atoms in total. The number of H-pyrrole nitrogens is 1. The molecule has 1 fully saturated rings. The molecule has 22 heavy (non-hydrogen) atoms. The van der Waals surface area contributed by atoms with Gasteiger partial charge in [-0.3, -0.25) is 0 Å². The van der Waals surface area contributed by atoms with Gasteiger partial charge in [0.15, 0.2) is 0 Å². The Bertz CT molecular complexity index is 761. The summed E-state index contributed by atoms with van der Waals surface area (Å²) >= 11 is 0. The monoisotopic (exact) mass is 321 g/mol.